The number of halogens is 2. The van der Waals surface area contributed by atoms with Gasteiger partial charge in [-0.2, -0.15) is 5.10 Å². The van der Waals surface area contributed by atoms with Gasteiger partial charge in [0.1, 0.15) is 11.6 Å². The molecule has 0 amide bonds. The zero-order valence-corrected chi connectivity index (χ0v) is 18.6. The summed E-state index contributed by atoms with van der Waals surface area (Å²) in [6.45, 7) is 3.86. The van der Waals surface area contributed by atoms with Crippen LogP contribution in [0.3, 0.4) is 0 Å². The van der Waals surface area contributed by atoms with E-state index >= 15 is 0 Å². The van der Waals surface area contributed by atoms with Crippen LogP contribution < -0.4 is 15.4 Å². The molecule has 9 heteroatoms. The number of ether oxygens (including phenoxy) is 1. The molecule has 3 rings (SSSR count). The van der Waals surface area contributed by atoms with E-state index in [9.17, 15) is 4.39 Å². The van der Waals surface area contributed by atoms with E-state index in [1.54, 1.807) is 24.5 Å². The highest BCUT2D eigenvalue weighted by Crippen LogP contribution is 2.20. The smallest absolute Gasteiger partial charge is 0.219 e. The van der Waals surface area contributed by atoms with Gasteiger partial charge in [-0.15, -0.1) is 24.0 Å². The summed E-state index contributed by atoms with van der Waals surface area (Å²) in [5.74, 6) is 1.37. The van der Waals surface area contributed by atoms with Gasteiger partial charge in [0.15, 0.2) is 5.96 Å². The molecule has 154 valence electrons. The Morgan fingerprint density at radius 2 is 1.93 bits per heavy atom. The second-order valence-electron chi connectivity index (χ2n) is 6.05. The van der Waals surface area contributed by atoms with E-state index in [1.807, 2.05) is 36.9 Å². The van der Waals surface area contributed by atoms with E-state index in [0.29, 0.717) is 30.7 Å². The highest BCUT2D eigenvalue weighted by Gasteiger charge is 2.04. The Morgan fingerprint density at radius 3 is 2.62 bits per heavy atom. The summed E-state index contributed by atoms with van der Waals surface area (Å²) in [6, 6.07) is 11.5. The molecule has 7 nitrogen and oxygen atoms in total. The minimum atomic E-state index is -0.307. The molecule has 0 spiro atoms. The van der Waals surface area contributed by atoms with Gasteiger partial charge in [-0.1, -0.05) is 0 Å². The molecule has 0 radical (unpaired) electrons. The Labute approximate surface area is 186 Å². The van der Waals surface area contributed by atoms with Crippen molar-refractivity contribution in [1.82, 2.24) is 25.4 Å². The predicted molar refractivity (Wildman–Crippen MR) is 121 cm³/mol. The van der Waals surface area contributed by atoms with Gasteiger partial charge in [-0.05, 0) is 48.9 Å². The van der Waals surface area contributed by atoms with Crippen LogP contribution in [-0.2, 0) is 20.1 Å². The van der Waals surface area contributed by atoms with Crippen molar-refractivity contribution in [2.24, 2.45) is 12.0 Å². The number of nitrogens with zero attached hydrogens (tertiary/aromatic N) is 4. The summed E-state index contributed by atoms with van der Waals surface area (Å²) >= 11 is 0. The van der Waals surface area contributed by atoms with Gasteiger partial charge < -0.3 is 15.4 Å². The number of aliphatic imine (C=N–C) groups is 1. The third kappa shape index (κ3) is 7.00. The third-order valence-corrected chi connectivity index (χ3v) is 3.96. The maximum Gasteiger partial charge on any atom is 0.219 e. The lowest BCUT2D eigenvalue weighted by molar-refractivity contribution is 0.460. The first-order valence-corrected chi connectivity index (χ1v) is 9.01. The predicted octanol–water partition coefficient (Wildman–Crippen LogP) is 3.62. The molecule has 0 saturated carbocycles. The van der Waals surface area contributed by atoms with Crippen LogP contribution in [0.4, 0.5) is 4.39 Å². The zero-order valence-electron chi connectivity index (χ0n) is 16.3. The highest BCUT2D eigenvalue weighted by molar-refractivity contribution is 14.0. The quantitative estimate of drug-likeness (QED) is 0.289. The third-order valence-electron chi connectivity index (χ3n) is 3.96. The molecule has 0 aliphatic heterocycles. The Kier molecular flexibility index (Phi) is 8.84. The van der Waals surface area contributed by atoms with Crippen molar-refractivity contribution in [1.29, 1.82) is 0 Å². The van der Waals surface area contributed by atoms with Crippen LogP contribution in [0.5, 0.6) is 11.6 Å². The molecular weight excluding hydrogens is 486 g/mol. The fraction of sp³-hybridized carbons (Fsp3) is 0.250. The summed E-state index contributed by atoms with van der Waals surface area (Å²) in [6.07, 6.45) is 3.43. The lowest BCUT2D eigenvalue weighted by Gasteiger charge is -2.11. The van der Waals surface area contributed by atoms with Crippen molar-refractivity contribution in [3.8, 4) is 11.6 Å². The second kappa shape index (κ2) is 11.3. The number of guanidine groups is 1. The number of aryl methyl sites for hydroxylation is 1. The zero-order chi connectivity index (χ0) is 19.8. The Morgan fingerprint density at radius 1 is 1.14 bits per heavy atom. The SMILES string of the molecule is CCNC(=NCc1ccnc(Oc2ccc(F)cc2)c1)NCc1ccnn1C.I. The van der Waals surface area contributed by atoms with Crippen LogP contribution in [0.1, 0.15) is 18.2 Å². The maximum absolute atomic E-state index is 13.0. The molecule has 1 aromatic carbocycles. The van der Waals surface area contributed by atoms with E-state index in [0.717, 1.165) is 17.8 Å². The molecule has 0 bridgehead atoms. The van der Waals surface area contributed by atoms with Crippen LogP contribution in [-0.4, -0.2) is 27.3 Å². The normalized spacial score (nSPS) is 10.9. The van der Waals surface area contributed by atoms with Crippen molar-refractivity contribution in [2.45, 2.75) is 20.0 Å². The molecule has 0 saturated heterocycles. The van der Waals surface area contributed by atoms with Gasteiger partial charge >= 0.3 is 0 Å². The summed E-state index contributed by atoms with van der Waals surface area (Å²) < 4.78 is 20.5. The van der Waals surface area contributed by atoms with Gasteiger partial charge in [0.2, 0.25) is 5.88 Å². The monoisotopic (exact) mass is 510 g/mol. The average Bonchev–Trinajstić information content (AvgIpc) is 3.11. The van der Waals surface area contributed by atoms with E-state index in [2.05, 4.69) is 25.7 Å². The summed E-state index contributed by atoms with van der Waals surface area (Å²) in [7, 11) is 1.90. The van der Waals surface area contributed by atoms with Gasteiger partial charge in [-0.25, -0.2) is 14.4 Å². The number of rotatable bonds is 7. The number of hydrogen-bond acceptors (Lipinski definition) is 4. The van der Waals surface area contributed by atoms with Crippen molar-refractivity contribution < 1.29 is 9.13 Å². The highest BCUT2D eigenvalue weighted by atomic mass is 127. The molecule has 2 N–H and O–H groups in total. The second-order valence-corrected chi connectivity index (χ2v) is 6.05. The van der Waals surface area contributed by atoms with Crippen molar-refractivity contribution in [3.05, 3.63) is 71.9 Å². The number of benzene rings is 1. The molecule has 0 fully saturated rings. The van der Waals surface area contributed by atoms with Gasteiger partial charge in [0, 0.05) is 32.1 Å². The van der Waals surface area contributed by atoms with Crippen LogP contribution >= 0.6 is 24.0 Å². The van der Waals surface area contributed by atoms with E-state index in [1.165, 1.54) is 12.1 Å². The van der Waals surface area contributed by atoms with Crippen LogP contribution in [0.15, 0.2) is 59.9 Å². The first kappa shape index (κ1) is 22.6. The topological polar surface area (TPSA) is 76.4 Å². The molecule has 3 aromatic rings. The Balaban J connectivity index is 0.00000300. The van der Waals surface area contributed by atoms with Gasteiger partial charge in [0.05, 0.1) is 18.8 Å². The molecule has 2 aromatic heterocycles. The number of hydrogen-bond donors (Lipinski definition) is 2. The molecular formula is C20H24FIN6O. The van der Waals surface area contributed by atoms with Crippen LogP contribution in [0.2, 0.25) is 0 Å². The Hall–Kier alpha value is -2.69. The maximum atomic E-state index is 13.0. The lowest BCUT2D eigenvalue weighted by Crippen LogP contribution is -2.37. The van der Waals surface area contributed by atoms with E-state index in [-0.39, 0.29) is 29.8 Å². The minimum Gasteiger partial charge on any atom is -0.439 e. The van der Waals surface area contributed by atoms with Crippen molar-refractivity contribution >= 4 is 29.9 Å². The first-order valence-electron chi connectivity index (χ1n) is 9.01. The van der Waals surface area contributed by atoms with Crippen LogP contribution in [0.25, 0.3) is 0 Å². The summed E-state index contributed by atoms with van der Waals surface area (Å²) in [5, 5.41) is 10.7. The minimum absolute atomic E-state index is 0. The molecule has 0 aliphatic carbocycles. The fourth-order valence-corrected chi connectivity index (χ4v) is 2.49. The standard InChI is InChI=1S/C20H23FN6O.HI/c1-3-22-20(25-14-17-9-11-26-27(17)2)24-13-15-8-10-23-19(12-15)28-18-6-4-16(21)5-7-18;/h4-12H,3,13-14H2,1-2H3,(H2,22,24,25);1H. The molecule has 0 atom stereocenters. The first-order chi connectivity index (χ1) is 13.6. The number of pyridine rings is 1. The number of aromatic nitrogens is 3. The Bertz CT molecular complexity index is 929. The fourth-order valence-electron chi connectivity index (χ4n) is 2.49. The summed E-state index contributed by atoms with van der Waals surface area (Å²) in [4.78, 5) is 8.80. The van der Waals surface area contributed by atoms with Gasteiger partial charge in [0.25, 0.3) is 0 Å². The number of nitrogens with one attached hydrogen (secondary N) is 2. The summed E-state index contributed by atoms with van der Waals surface area (Å²) in [5.41, 5.74) is 2.01. The molecule has 2 heterocycles. The average molecular weight is 510 g/mol. The van der Waals surface area contributed by atoms with E-state index in [4.69, 9.17) is 4.74 Å². The van der Waals surface area contributed by atoms with Gasteiger partial charge in [-0.3, -0.25) is 4.68 Å². The molecule has 0 aliphatic rings. The van der Waals surface area contributed by atoms with Crippen molar-refractivity contribution in [2.75, 3.05) is 6.54 Å². The molecule has 29 heavy (non-hydrogen) atoms. The lowest BCUT2D eigenvalue weighted by atomic mass is 10.2. The largest absolute Gasteiger partial charge is 0.439 e. The van der Waals surface area contributed by atoms with Crippen LogP contribution in [0, 0.1) is 5.82 Å². The van der Waals surface area contributed by atoms with E-state index < -0.39 is 0 Å². The molecule has 0 unspecified atom stereocenters. The van der Waals surface area contributed by atoms with Crippen molar-refractivity contribution in [3.63, 3.8) is 0 Å².